The maximum absolute atomic E-state index is 12.8. The molecule has 0 bridgehead atoms. The standard InChI is InChI=1S/C49H97N2O6P/c1-6-8-10-12-13-14-15-16-17-18-19-20-21-22-23-24-25-26-27-28-29-30-31-32-33-34-35-36-37-39-41-43-49(53)50-47(48(52)42-40-38-11-9-7-2)46-57-58(54,55)56-45-44-51(3,4)5/h15-16,18-19,47-48,52H,6-14,17,20-46H2,1-5H3,(H-,50,53,54,55)/b16-15-,19-18-. The molecular weight excluding hydrogens is 744 g/mol. The first-order valence-electron chi connectivity index (χ1n) is 24.7. The van der Waals surface area contributed by atoms with Crippen molar-refractivity contribution in [1.29, 1.82) is 0 Å². The molecular formula is C49H97N2O6P. The van der Waals surface area contributed by atoms with Crippen LogP contribution in [0.4, 0.5) is 0 Å². The Kier molecular flexibility index (Phi) is 40.6. The highest BCUT2D eigenvalue weighted by molar-refractivity contribution is 7.45. The second-order valence-electron chi connectivity index (χ2n) is 18.2. The molecule has 1 amide bonds. The van der Waals surface area contributed by atoms with Gasteiger partial charge in [-0.3, -0.25) is 9.36 Å². The molecule has 0 saturated heterocycles. The summed E-state index contributed by atoms with van der Waals surface area (Å²) in [5.41, 5.74) is 0. The first-order chi connectivity index (χ1) is 28.0. The molecule has 8 nitrogen and oxygen atoms in total. The van der Waals surface area contributed by atoms with Crippen LogP contribution in [0.2, 0.25) is 0 Å². The Hall–Kier alpha value is -1.02. The number of unbranched alkanes of at least 4 members (excludes halogenated alkanes) is 28. The first kappa shape index (κ1) is 57.0. The second kappa shape index (κ2) is 41.3. The van der Waals surface area contributed by atoms with Gasteiger partial charge in [-0.05, 0) is 44.9 Å². The number of quaternary nitrogens is 1. The second-order valence-corrected chi connectivity index (χ2v) is 19.6. The van der Waals surface area contributed by atoms with E-state index in [-0.39, 0.29) is 19.1 Å². The Labute approximate surface area is 360 Å². The maximum Gasteiger partial charge on any atom is 0.268 e. The molecule has 0 heterocycles. The molecule has 0 aromatic heterocycles. The van der Waals surface area contributed by atoms with Crippen molar-refractivity contribution in [2.24, 2.45) is 0 Å². The average molecular weight is 841 g/mol. The quantitative estimate of drug-likeness (QED) is 0.0274. The number of carbonyl (C=O) groups is 1. The molecule has 0 aromatic rings. The van der Waals surface area contributed by atoms with Crippen LogP contribution in [0, 0.1) is 0 Å². The van der Waals surface area contributed by atoms with E-state index in [1.807, 2.05) is 21.1 Å². The third-order valence-corrected chi connectivity index (χ3v) is 12.2. The number of phosphoric ester groups is 1. The van der Waals surface area contributed by atoms with E-state index in [0.717, 1.165) is 57.8 Å². The van der Waals surface area contributed by atoms with Gasteiger partial charge in [-0.15, -0.1) is 0 Å². The number of aliphatic hydroxyl groups is 1. The van der Waals surface area contributed by atoms with Crippen molar-refractivity contribution < 1.29 is 32.9 Å². The zero-order chi connectivity index (χ0) is 42.8. The lowest BCUT2D eigenvalue weighted by Crippen LogP contribution is -2.46. The van der Waals surface area contributed by atoms with Gasteiger partial charge >= 0.3 is 0 Å². The molecule has 9 heteroatoms. The normalized spacial score (nSPS) is 14.4. The molecule has 0 radical (unpaired) electrons. The number of likely N-dealkylation sites (N-methyl/N-ethyl adjacent to an activating group) is 1. The lowest BCUT2D eigenvalue weighted by Gasteiger charge is -2.30. The number of amides is 1. The summed E-state index contributed by atoms with van der Waals surface area (Å²) in [6.07, 6.45) is 49.7. The van der Waals surface area contributed by atoms with E-state index in [1.54, 1.807) is 0 Å². The molecule has 0 aromatic carbocycles. The summed E-state index contributed by atoms with van der Waals surface area (Å²) in [4.78, 5) is 25.1. The van der Waals surface area contributed by atoms with Gasteiger partial charge in [0.1, 0.15) is 13.2 Å². The van der Waals surface area contributed by atoms with Crippen molar-refractivity contribution in [2.75, 3.05) is 40.9 Å². The van der Waals surface area contributed by atoms with Gasteiger partial charge in [0.2, 0.25) is 5.91 Å². The Bertz CT molecular complexity index is 1000. The van der Waals surface area contributed by atoms with Crippen molar-refractivity contribution >= 4 is 13.7 Å². The predicted octanol–water partition coefficient (Wildman–Crippen LogP) is 13.5. The van der Waals surface area contributed by atoms with E-state index in [4.69, 9.17) is 9.05 Å². The van der Waals surface area contributed by atoms with Gasteiger partial charge in [0.25, 0.3) is 7.82 Å². The van der Waals surface area contributed by atoms with Crippen LogP contribution >= 0.6 is 7.82 Å². The molecule has 58 heavy (non-hydrogen) atoms. The molecule has 0 spiro atoms. The molecule has 3 unspecified atom stereocenters. The van der Waals surface area contributed by atoms with Crippen LogP contribution in [-0.2, 0) is 18.4 Å². The SMILES string of the molecule is CCCCCCC/C=C\C/C=C\CCCCCCCCCCCCCCCCCCCCCC(=O)NC(COP(=O)([O-])OCC[N+](C)(C)C)C(O)CCCCCCC. The summed E-state index contributed by atoms with van der Waals surface area (Å²) >= 11 is 0. The van der Waals surface area contributed by atoms with E-state index >= 15 is 0 Å². The van der Waals surface area contributed by atoms with E-state index in [0.29, 0.717) is 23.9 Å². The number of phosphoric acid groups is 1. The molecule has 344 valence electrons. The van der Waals surface area contributed by atoms with Crippen LogP contribution in [0.3, 0.4) is 0 Å². The minimum atomic E-state index is -4.55. The third-order valence-electron chi connectivity index (χ3n) is 11.2. The molecule has 0 aliphatic heterocycles. The molecule has 0 saturated carbocycles. The summed E-state index contributed by atoms with van der Waals surface area (Å²) in [5.74, 6) is -0.169. The van der Waals surface area contributed by atoms with Gasteiger partial charge in [0.05, 0.1) is 39.9 Å². The fourth-order valence-corrected chi connectivity index (χ4v) is 7.97. The summed E-state index contributed by atoms with van der Waals surface area (Å²) < 4.78 is 23.1. The Morgan fingerprint density at radius 2 is 1.00 bits per heavy atom. The van der Waals surface area contributed by atoms with Gasteiger partial charge in [-0.25, -0.2) is 0 Å². The fraction of sp³-hybridized carbons (Fsp3) is 0.898. The smallest absolute Gasteiger partial charge is 0.268 e. The van der Waals surface area contributed by atoms with Crippen LogP contribution in [0.15, 0.2) is 24.3 Å². The zero-order valence-corrected chi connectivity index (χ0v) is 39.9. The van der Waals surface area contributed by atoms with Crippen LogP contribution in [0.5, 0.6) is 0 Å². The molecule has 0 aliphatic rings. The number of hydrogen-bond donors (Lipinski definition) is 2. The number of hydrogen-bond acceptors (Lipinski definition) is 6. The number of carbonyl (C=O) groups excluding carboxylic acids is 1. The van der Waals surface area contributed by atoms with Crippen LogP contribution in [0.1, 0.15) is 232 Å². The number of allylic oxidation sites excluding steroid dienone is 4. The molecule has 3 atom stereocenters. The van der Waals surface area contributed by atoms with Gasteiger partial charge in [0.15, 0.2) is 0 Å². The van der Waals surface area contributed by atoms with Crippen LogP contribution < -0.4 is 10.2 Å². The summed E-state index contributed by atoms with van der Waals surface area (Å²) in [6.45, 7) is 4.63. The van der Waals surface area contributed by atoms with Crippen LogP contribution in [-0.4, -0.2) is 68.5 Å². The molecule has 2 N–H and O–H groups in total. The molecule has 0 aliphatic carbocycles. The monoisotopic (exact) mass is 841 g/mol. The van der Waals surface area contributed by atoms with Gasteiger partial charge in [0, 0.05) is 6.42 Å². The van der Waals surface area contributed by atoms with Gasteiger partial charge in [-0.1, -0.05) is 205 Å². The first-order valence-corrected chi connectivity index (χ1v) is 26.1. The minimum Gasteiger partial charge on any atom is -0.756 e. The minimum absolute atomic E-state index is 0.0129. The van der Waals surface area contributed by atoms with Crippen molar-refractivity contribution in [1.82, 2.24) is 5.32 Å². The topological polar surface area (TPSA) is 108 Å². The Balaban J connectivity index is 3.81. The summed E-state index contributed by atoms with van der Waals surface area (Å²) in [6, 6.07) is -0.793. The van der Waals surface area contributed by atoms with E-state index in [1.165, 1.54) is 148 Å². The number of rotatable bonds is 45. The highest BCUT2D eigenvalue weighted by Gasteiger charge is 2.24. The van der Waals surface area contributed by atoms with Gasteiger partial charge < -0.3 is 28.8 Å². The Morgan fingerprint density at radius 3 is 1.43 bits per heavy atom. The highest BCUT2D eigenvalue weighted by Crippen LogP contribution is 2.38. The van der Waals surface area contributed by atoms with E-state index in [2.05, 4.69) is 43.5 Å². The van der Waals surface area contributed by atoms with E-state index < -0.39 is 20.0 Å². The lowest BCUT2D eigenvalue weighted by atomic mass is 10.0. The van der Waals surface area contributed by atoms with Crippen molar-refractivity contribution in [3.05, 3.63) is 24.3 Å². The summed E-state index contributed by atoms with van der Waals surface area (Å²) in [7, 11) is 1.31. The Morgan fingerprint density at radius 1 is 0.603 bits per heavy atom. The highest BCUT2D eigenvalue weighted by atomic mass is 31.2. The van der Waals surface area contributed by atoms with Crippen molar-refractivity contribution in [3.8, 4) is 0 Å². The van der Waals surface area contributed by atoms with Crippen molar-refractivity contribution in [3.63, 3.8) is 0 Å². The lowest BCUT2D eigenvalue weighted by molar-refractivity contribution is -0.870. The third kappa shape index (κ3) is 43.1. The van der Waals surface area contributed by atoms with Crippen molar-refractivity contribution in [2.45, 2.75) is 244 Å². The number of nitrogens with zero attached hydrogens (tertiary/aromatic N) is 1. The van der Waals surface area contributed by atoms with Crippen LogP contribution in [0.25, 0.3) is 0 Å². The summed E-state index contributed by atoms with van der Waals surface area (Å²) in [5, 5.41) is 13.7. The molecule has 0 rings (SSSR count). The zero-order valence-electron chi connectivity index (χ0n) is 39.0. The fourth-order valence-electron chi connectivity index (χ4n) is 7.25. The molecule has 0 fully saturated rings. The average Bonchev–Trinajstić information content (AvgIpc) is 3.17. The maximum atomic E-state index is 12.8. The number of aliphatic hydroxyl groups excluding tert-OH is 1. The largest absolute Gasteiger partial charge is 0.756 e. The predicted molar refractivity (Wildman–Crippen MR) is 247 cm³/mol. The van der Waals surface area contributed by atoms with Gasteiger partial charge in [-0.2, -0.15) is 0 Å². The number of nitrogens with one attached hydrogen (secondary N) is 1. The van der Waals surface area contributed by atoms with E-state index in [9.17, 15) is 19.4 Å².